The molecule has 0 saturated carbocycles. The Bertz CT molecular complexity index is 503. The van der Waals surface area contributed by atoms with Gasteiger partial charge in [0.05, 0.1) is 17.4 Å². The Hall–Kier alpha value is -2.50. The molecule has 0 aliphatic carbocycles. The van der Waals surface area contributed by atoms with Crippen molar-refractivity contribution in [2.45, 2.75) is 0 Å². The monoisotopic (exact) mass is 218 g/mol. The molecular formula is C10H6N2O4. The van der Waals surface area contributed by atoms with Crippen molar-refractivity contribution < 1.29 is 19.5 Å². The van der Waals surface area contributed by atoms with Crippen molar-refractivity contribution in [3.8, 4) is 0 Å². The molecule has 6 heteroatoms. The van der Waals surface area contributed by atoms with Gasteiger partial charge < -0.3 is 5.11 Å². The first kappa shape index (κ1) is 10.0. The van der Waals surface area contributed by atoms with Gasteiger partial charge in [-0.15, -0.1) is 0 Å². The zero-order valence-electron chi connectivity index (χ0n) is 7.95. The molecule has 0 atom stereocenters. The smallest absolute Gasteiger partial charge is 0.337 e. The van der Waals surface area contributed by atoms with Gasteiger partial charge in [0.25, 0.3) is 11.8 Å². The molecule has 1 N–H and O–H groups in total. The first-order valence-electron chi connectivity index (χ1n) is 4.34. The number of nitrogens with zero attached hydrogens (tertiary/aromatic N) is 2. The quantitative estimate of drug-likeness (QED) is 0.717. The van der Waals surface area contributed by atoms with E-state index in [-0.39, 0.29) is 11.3 Å². The maximum absolute atomic E-state index is 11.4. The summed E-state index contributed by atoms with van der Waals surface area (Å²) < 4.78 is 0. The van der Waals surface area contributed by atoms with Crippen LogP contribution in [0.3, 0.4) is 0 Å². The summed E-state index contributed by atoms with van der Waals surface area (Å²) in [7, 11) is 0. The second-order valence-electron chi connectivity index (χ2n) is 3.04. The minimum Gasteiger partial charge on any atom is -0.478 e. The second kappa shape index (κ2) is 3.58. The average Bonchev–Trinajstić information content (AvgIpc) is 2.58. The van der Waals surface area contributed by atoms with Crippen LogP contribution >= 0.6 is 0 Å². The summed E-state index contributed by atoms with van der Waals surface area (Å²) in [6.45, 7) is 0. The number of rotatable bonds is 2. The highest BCUT2D eigenvalue weighted by atomic mass is 16.4. The Morgan fingerprint density at radius 2 is 1.88 bits per heavy atom. The molecule has 0 fully saturated rings. The molecule has 16 heavy (non-hydrogen) atoms. The number of pyridine rings is 1. The van der Waals surface area contributed by atoms with Gasteiger partial charge in [-0.2, -0.15) is 0 Å². The molecule has 2 heterocycles. The Balaban J connectivity index is 2.52. The van der Waals surface area contributed by atoms with Crippen molar-refractivity contribution in [2.24, 2.45) is 0 Å². The van der Waals surface area contributed by atoms with Crippen LogP contribution in [0.1, 0.15) is 10.4 Å². The molecule has 0 radical (unpaired) electrons. The van der Waals surface area contributed by atoms with Crippen LogP contribution in [0.15, 0.2) is 30.6 Å². The van der Waals surface area contributed by atoms with E-state index in [1.807, 2.05) is 0 Å². The Morgan fingerprint density at radius 3 is 2.44 bits per heavy atom. The van der Waals surface area contributed by atoms with E-state index < -0.39 is 17.8 Å². The first-order chi connectivity index (χ1) is 7.61. The molecule has 1 aromatic rings. The van der Waals surface area contributed by atoms with Crippen molar-refractivity contribution in [3.63, 3.8) is 0 Å². The summed E-state index contributed by atoms with van der Waals surface area (Å²) in [5.74, 6) is -2.36. The third-order valence-electron chi connectivity index (χ3n) is 2.08. The number of carboxylic acids is 1. The van der Waals surface area contributed by atoms with Crippen molar-refractivity contribution in [1.82, 2.24) is 4.98 Å². The molecule has 6 nitrogen and oxygen atoms in total. The van der Waals surface area contributed by atoms with E-state index in [1.54, 1.807) is 0 Å². The number of hydrogen-bond donors (Lipinski definition) is 1. The first-order valence-corrected chi connectivity index (χ1v) is 4.34. The predicted molar refractivity (Wildman–Crippen MR) is 52.8 cm³/mol. The molecule has 1 aliphatic heterocycles. The molecule has 0 unspecified atom stereocenters. The summed E-state index contributed by atoms with van der Waals surface area (Å²) in [6.07, 6.45) is 4.62. The van der Waals surface area contributed by atoms with Gasteiger partial charge in [0, 0.05) is 18.3 Å². The van der Waals surface area contributed by atoms with Gasteiger partial charge in [0.2, 0.25) is 0 Å². The number of carboxylic acid groups (broad SMARTS) is 1. The molecule has 1 aliphatic rings. The molecule has 2 amide bonds. The van der Waals surface area contributed by atoms with E-state index in [0.717, 1.165) is 17.1 Å². The summed E-state index contributed by atoms with van der Waals surface area (Å²) in [5.41, 5.74) is -0.157. The van der Waals surface area contributed by atoms with Crippen LogP contribution < -0.4 is 4.90 Å². The minimum atomic E-state index is -1.22. The lowest BCUT2D eigenvalue weighted by Gasteiger charge is -2.15. The van der Waals surface area contributed by atoms with Gasteiger partial charge >= 0.3 is 5.97 Å². The molecule has 0 bridgehead atoms. The van der Waals surface area contributed by atoms with Crippen LogP contribution in [0.4, 0.5) is 5.69 Å². The molecule has 80 valence electrons. The third kappa shape index (κ3) is 1.46. The average molecular weight is 218 g/mol. The van der Waals surface area contributed by atoms with Crippen molar-refractivity contribution in [3.05, 3.63) is 36.2 Å². The molecular weight excluding hydrogens is 212 g/mol. The lowest BCUT2D eigenvalue weighted by Crippen LogP contribution is -2.31. The van der Waals surface area contributed by atoms with Gasteiger partial charge in [-0.25, -0.2) is 9.69 Å². The topological polar surface area (TPSA) is 87.6 Å². The third-order valence-corrected chi connectivity index (χ3v) is 2.08. The minimum absolute atomic E-state index is 0.0185. The van der Waals surface area contributed by atoms with Crippen molar-refractivity contribution >= 4 is 23.5 Å². The molecule has 2 rings (SSSR count). The molecule has 0 aromatic carbocycles. The Morgan fingerprint density at radius 1 is 1.25 bits per heavy atom. The predicted octanol–water partition coefficient (Wildman–Crippen LogP) is 0.209. The largest absolute Gasteiger partial charge is 0.478 e. The van der Waals surface area contributed by atoms with Crippen LogP contribution in [0, 0.1) is 0 Å². The number of imide groups is 1. The number of carbonyl (C=O) groups is 3. The fraction of sp³-hybridized carbons (Fsp3) is 0. The number of carbonyl (C=O) groups excluding carboxylic acids is 2. The van der Waals surface area contributed by atoms with Gasteiger partial charge in [-0.3, -0.25) is 14.6 Å². The molecule has 0 spiro atoms. The van der Waals surface area contributed by atoms with E-state index in [9.17, 15) is 14.4 Å². The normalized spacial score (nSPS) is 14.6. The van der Waals surface area contributed by atoms with Gasteiger partial charge in [0.1, 0.15) is 0 Å². The maximum Gasteiger partial charge on any atom is 0.337 e. The van der Waals surface area contributed by atoms with Crippen LogP contribution in [-0.2, 0) is 9.59 Å². The van der Waals surface area contributed by atoms with E-state index in [2.05, 4.69) is 4.98 Å². The molecule has 1 aromatic heterocycles. The fourth-order valence-corrected chi connectivity index (χ4v) is 1.38. The molecule has 0 saturated heterocycles. The van der Waals surface area contributed by atoms with Gasteiger partial charge in [-0.1, -0.05) is 0 Å². The summed E-state index contributed by atoms with van der Waals surface area (Å²) in [5, 5.41) is 8.90. The Kier molecular flexibility index (Phi) is 2.24. The van der Waals surface area contributed by atoms with Crippen LogP contribution in [0.2, 0.25) is 0 Å². The summed E-state index contributed by atoms with van der Waals surface area (Å²) >= 11 is 0. The van der Waals surface area contributed by atoms with E-state index in [4.69, 9.17) is 5.11 Å². The standard InChI is InChI=1S/C10H6N2O4/c13-8-1-2-9(14)12(8)7-5-11-4-3-6(7)10(15)16/h1-5H,(H,15,16). The van der Waals surface area contributed by atoms with Gasteiger partial charge in [-0.05, 0) is 6.07 Å². The fourth-order valence-electron chi connectivity index (χ4n) is 1.38. The van der Waals surface area contributed by atoms with E-state index in [1.165, 1.54) is 18.5 Å². The number of aromatic nitrogens is 1. The Labute approximate surface area is 89.8 Å². The van der Waals surface area contributed by atoms with Gasteiger partial charge in [0.15, 0.2) is 0 Å². The number of aromatic carboxylic acids is 1. The summed E-state index contributed by atoms with van der Waals surface area (Å²) in [6, 6.07) is 1.23. The highest BCUT2D eigenvalue weighted by molar-refractivity contribution is 6.29. The number of hydrogen-bond acceptors (Lipinski definition) is 4. The van der Waals surface area contributed by atoms with Crippen molar-refractivity contribution in [2.75, 3.05) is 4.90 Å². The number of amides is 2. The second-order valence-corrected chi connectivity index (χ2v) is 3.04. The zero-order chi connectivity index (χ0) is 11.7. The maximum atomic E-state index is 11.4. The number of anilines is 1. The lowest BCUT2D eigenvalue weighted by molar-refractivity contribution is -0.119. The van der Waals surface area contributed by atoms with Crippen LogP contribution in [0.25, 0.3) is 0 Å². The zero-order valence-corrected chi connectivity index (χ0v) is 7.95. The van der Waals surface area contributed by atoms with Crippen LogP contribution in [0.5, 0.6) is 0 Å². The SMILES string of the molecule is O=C(O)c1ccncc1N1C(=O)C=CC1=O. The van der Waals surface area contributed by atoms with E-state index >= 15 is 0 Å². The lowest BCUT2D eigenvalue weighted by atomic mass is 10.2. The van der Waals surface area contributed by atoms with Crippen LogP contribution in [-0.4, -0.2) is 27.9 Å². The van der Waals surface area contributed by atoms with E-state index in [0.29, 0.717) is 0 Å². The highest BCUT2D eigenvalue weighted by Crippen LogP contribution is 2.22. The highest BCUT2D eigenvalue weighted by Gasteiger charge is 2.28. The van der Waals surface area contributed by atoms with Crippen molar-refractivity contribution in [1.29, 1.82) is 0 Å². The summed E-state index contributed by atoms with van der Waals surface area (Å²) in [4.78, 5) is 38.1.